The monoisotopic (exact) mass is 512 g/mol. The van der Waals surface area contributed by atoms with Crippen LogP contribution in [-0.2, 0) is 17.8 Å². The average Bonchev–Trinajstić information content (AvgIpc) is 2.73. The Morgan fingerprint density at radius 2 is 1.97 bits per heavy atom. The SMILES string of the molecule is CCN(C)C=Nc1cc(C)c(N(Cc2ccc(F)c(OC(F)(F)C(F)F)c2)S(=O)[O-])cc1Cl. The predicted molar refractivity (Wildman–Crippen MR) is 116 cm³/mol. The quantitative estimate of drug-likeness (QED) is 0.184. The van der Waals surface area contributed by atoms with Gasteiger partial charge in [-0.1, -0.05) is 17.7 Å². The molecule has 0 radical (unpaired) electrons. The predicted octanol–water partition coefficient (Wildman–Crippen LogP) is 5.44. The first kappa shape index (κ1) is 26.8. The Morgan fingerprint density at radius 1 is 1.30 bits per heavy atom. The minimum atomic E-state index is -4.92. The third kappa shape index (κ3) is 7.02. The molecule has 13 heteroatoms. The first-order valence-electron chi connectivity index (χ1n) is 9.40. The minimum Gasteiger partial charge on any atom is -0.755 e. The molecule has 1 atom stereocenters. The number of alkyl halides is 4. The van der Waals surface area contributed by atoms with E-state index in [1.165, 1.54) is 6.07 Å². The zero-order valence-corrected chi connectivity index (χ0v) is 19.3. The third-order valence-electron chi connectivity index (χ3n) is 4.43. The number of ether oxygens (including phenoxy) is 1. The molecule has 0 heterocycles. The van der Waals surface area contributed by atoms with E-state index in [1.807, 2.05) is 6.92 Å². The van der Waals surface area contributed by atoms with Gasteiger partial charge in [0.25, 0.3) is 0 Å². The number of aliphatic imine (C=N–C) groups is 1. The van der Waals surface area contributed by atoms with Crippen LogP contribution in [0.2, 0.25) is 5.02 Å². The molecular formula is C20H20ClF5N3O3S-. The van der Waals surface area contributed by atoms with Crippen molar-refractivity contribution in [3.05, 3.63) is 52.3 Å². The molecule has 0 spiro atoms. The molecule has 182 valence electrons. The molecule has 0 N–H and O–H groups in total. The van der Waals surface area contributed by atoms with Crippen LogP contribution in [0, 0.1) is 12.7 Å². The van der Waals surface area contributed by atoms with E-state index in [0.717, 1.165) is 16.4 Å². The number of anilines is 1. The Kier molecular flexibility index (Phi) is 9.04. The molecule has 0 fully saturated rings. The fourth-order valence-corrected chi connectivity index (χ4v) is 3.38. The second-order valence-corrected chi connectivity index (χ2v) is 8.17. The summed E-state index contributed by atoms with van der Waals surface area (Å²) >= 11 is 3.39. The summed E-state index contributed by atoms with van der Waals surface area (Å²) in [5.41, 5.74) is 1.02. The first-order chi connectivity index (χ1) is 15.4. The van der Waals surface area contributed by atoms with E-state index in [2.05, 4.69) is 9.73 Å². The molecule has 0 aliphatic heterocycles. The molecule has 0 aliphatic rings. The lowest BCUT2D eigenvalue weighted by molar-refractivity contribution is -0.254. The van der Waals surface area contributed by atoms with Gasteiger partial charge < -0.3 is 14.2 Å². The van der Waals surface area contributed by atoms with Gasteiger partial charge in [-0.15, -0.1) is 0 Å². The molecule has 2 rings (SSSR count). The van der Waals surface area contributed by atoms with Crippen molar-refractivity contribution in [1.29, 1.82) is 0 Å². The highest BCUT2D eigenvalue weighted by Gasteiger charge is 2.44. The lowest BCUT2D eigenvalue weighted by atomic mass is 10.1. The van der Waals surface area contributed by atoms with Crippen LogP contribution in [0.3, 0.4) is 0 Å². The van der Waals surface area contributed by atoms with Gasteiger partial charge in [-0.3, -0.25) is 8.51 Å². The number of rotatable bonds is 10. The van der Waals surface area contributed by atoms with E-state index >= 15 is 0 Å². The normalized spacial score (nSPS) is 12.9. The van der Waals surface area contributed by atoms with Crippen LogP contribution in [0.1, 0.15) is 18.1 Å². The zero-order chi connectivity index (χ0) is 24.9. The molecular weight excluding hydrogens is 493 g/mol. The number of benzene rings is 2. The Hall–Kier alpha value is -2.44. The molecule has 1 unspecified atom stereocenters. The highest BCUT2D eigenvalue weighted by molar-refractivity contribution is 7.80. The number of nitrogens with zero attached hydrogens (tertiary/aromatic N) is 3. The summed E-state index contributed by atoms with van der Waals surface area (Å²) in [7, 11) is 1.80. The van der Waals surface area contributed by atoms with Crippen molar-refractivity contribution < 1.29 is 35.5 Å². The van der Waals surface area contributed by atoms with E-state index < -0.39 is 41.9 Å². The number of halogens is 6. The van der Waals surface area contributed by atoms with Gasteiger partial charge >= 0.3 is 12.5 Å². The van der Waals surface area contributed by atoms with Gasteiger partial charge in [-0.05, 0) is 49.2 Å². The van der Waals surface area contributed by atoms with Crippen molar-refractivity contribution in [3.8, 4) is 5.75 Å². The molecule has 0 aromatic heterocycles. The zero-order valence-electron chi connectivity index (χ0n) is 17.7. The molecule has 6 nitrogen and oxygen atoms in total. The van der Waals surface area contributed by atoms with E-state index in [-0.39, 0.29) is 16.3 Å². The third-order valence-corrected chi connectivity index (χ3v) is 5.42. The largest absolute Gasteiger partial charge is 0.755 e. The molecule has 0 bridgehead atoms. The van der Waals surface area contributed by atoms with Crippen LogP contribution in [0.15, 0.2) is 35.3 Å². The second kappa shape index (κ2) is 11.1. The maximum atomic E-state index is 13.8. The first-order valence-corrected chi connectivity index (χ1v) is 10.8. The van der Waals surface area contributed by atoms with E-state index in [4.69, 9.17) is 11.6 Å². The standard InChI is InChI=1S/C20H21ClF5N3O3S/c1-4-28(3)11-27-16-7-12(2)17(9-14(16)21)29(33(30)31)10-13-5-6-15(22)18(8-13)32-20(25,26)19(23)24/h5-9,11,19H,4,10H2,1-3H3,(H,30,31)/p-1. The van der Waals surface area contributed by atoms with Crippen LogP contribution in [0.25, 0.3) is 0 Å². The Bertz CT molecular complexity index is 1040. The smallest absolute Gasteiger partial charge is 0.461 e. The van der Waals surface area contributed by atoms with Gasteiger partial charge in [0.2, 0.25) is 0 Å². The minimum absolute atomic E-state index is 0.00265. The van der Waals surface area contributed by atoms with Crippen LogP contribution >= 0.6 is 11.6 Å². The fraction of sp³-hybridized carbons (Fsp3) is 0.350. The molecule has 2 aromatic rings. The van der Waals surface area contributed by atoms with Crippen molar-refractivity contribution in [3.63, 3.8) is 0 Å². The van der Waals surface area contributed by atoms with Gasteiger partial charge in [0.05, 0.1) is 29.3 Å². The molecule has 0 amide bonds. The van der Waals surface area contributed by atoms with E-state index in [9.17, 15) is 30.7 Å². The number of aryl methyl sites for hydroxylation is 1. The second-order valence-electron chi connectivity index (χ2n) is 6.89. The summed E-state index contributed by atoms with van der Waals surface area (Å²) in [6.45, 7) is 3.79. The van der Waals surface area contributed by atoms with Gasteiger partial charge in [0, 0.05) is 24.9 Å². The summed E-state index contributed by atoms with van der Waals surface area (Å²) < 4.78 is 93.5. The molecule has 0 saturated heterocycles. The topological polar surface area (TPSA) is 68.2 Å². The van der Waals surface area contributed by atoms with Gasteiger partial charge in [-0.25, -0.2) is 9.38 Å². The molecule has 0 aliphatic carbocycles. The van der Waals surface area contributed by atoms with Crippen LogP contribution in [-0.4, -0.2) is 46.1 Å². The number of hydrogen-bond donors (Lipinski definition) is 0. The van der Waals surface area contributed by atoms with Crippen LogP contribution in [0.4, 0.5) is 33.3 Å². The van der Waals surface area contributed by atoms with Crippen LogP contribution in [0.5, 0.6) is 5.75 Å². The molecule has 33 heavy (non-hydrogen) atoms. The van der Waals surface area contributed by atoms with Crippen LogP contribution < -0.4 is 9.04 Å². The van der Waals surface area contributed by atoms with E-state index in [0.29, 0.717) is 23.9 Å². The maximum Gasteiger partial charge on any atom is 0.461 e. The van der Waals surface area contributed by atoms with Crippen molar-refractivity contribution in [2.75, 3.05) is 17.9 Å². The fourth-order valence-electron chi connectivity index (χ4n) is 2.57. The highest BCUT2D eigenvalue weighted by Crippen LogP contribution is 2.35. The molecule has 2 aromatic carbocycles. The van der Waals surface area contributed by atoms with Crippen molar-refractivity contribution in [1.82, 2.24) is 4.90 Å². The highest BCUT2D eigenvalue weighted by atomic mass is 35.5. The van der Waals surface area contributed by atoms with Crippen molar-refractivity contribution in [2.24, 2.45) is 4.99 Å². The summed E-state index contributed by atoms with van der Waals surface area (Å²) in [5.74, 6) is -2.46. The summed E-state index contributed by atoms with van der Waals surface area (Å²) in [5, 5.41) is 0.145. The lowest BCUT2D eigenvalue weighted by Crippen LogP contribution is -2.33. The summed E-state index contributed by atoms with van der Waals surface area (Å²) in [6.07, 6.45) is -7.56. The Morgan fingerprint density at radius 3 is 2.55 bits per heavy atom. The van der Waals surface area contributed by atoms with Gasteiger partial charge in [0.1, 0.15) is 0 Å². The Balaban J connectivity index is 2.37. The van der Waals surface area contributed by atoms with Crippen molar-refractivity contribution in [2.45, 2.75) is 32.9 Å². The van der Waals surface area contributed by atoms with Crippen molar-refractivity contribution >= 4 is 40.6 Å². The van der Waals surface area contributed by atoms with Gasteiger partial charge in [0.15, 0.2) is 11.6 Å². The number of hydrogen-bond acceptors (Lipinski definition) is 4. The van der Waals surface area contributed by atoms with Gasteiger partial charge in [-0.2, -0.15) is 17.6 Å². The molecule has 0 saturated carbocycles. The van der Waals surface area contributed by atoms with E-state index in [1.54, 1.807) is 31.3 Å². The maximum absolute atomic E-state index is 13.8. The average molecular weight is 513 g/mol. The summed E-state index contributed by atoms with van der Waals surface area (Å²) in [6, 6.07) is 5.46. The Labute approximate surface area is 195 Å². The lowest BCUT2D eigenvalue weighted by Gasteiger charge is -2.28. The summed E-state index contributed by atoms with van der Waals surface area (Å²) in [4.78, 5) is 6.04.